The second-order valence-electron chi connectivity index (χ2n) is 3.39. The lowest BCUT2D eigenvalue weighted by molar-refractivity contribution is 0.628. The highest BCUT2D eigenvalue weighted by molar-refractivity contribution is 6.17. The van der Waals surface area contributed by atoms with Crippen molar-refractivity contribution in [2.75, 3.05) is 0 Å². The lowest BCUT2D eigenvalue weighted by Gasteiger charge is -2.07. The molecule has 4 heteroatoms. The minimum atomic E-state index is -0.351. The van der Waals surface area contributed by atoms with E-state index in [9.17, 15) is 9.18 Å². The zero-order chi connectivity index (χ0) is 11.0. The number of pyridine rings is 1. The third-order valence-corrected chi connectivity index (χ3v) is 2.66. The van der Waals surface area contributed by atoms with E-state index in [1.807, 2.05) is 0 Å². The van der Waals surface area contributed by atoms with E-state index >= 15 is 0 Å². The van der Waals surface area contributed by atoms with Crippen LogP contribution in [0, 0.1) is 5.82 Å². The van der Waals surface area contributed by atoms with Gasteiger partial charge in [0.05, 0.1) is 11.4 Å². The fraction of sp³-hybridized carbons (Fsp3) is 0.182. The molecular formula is C11H9ClFNO. The summed E-state index contributed by atoms with van der Waals surface area (Å²) in [5.41, 5.74) is 0.977. The highest BCUT2D eigenvalue weighted by Gasteiger charge is 2.06. The Labute approximate surface area is 90.9 Å². The minimum absolute atomic E-state index is 0.127. The van der Waals surface area contributed by atoms with Gasteiger partial charge < -0.3 is 4.57 Å². The number of rotatable bonds is 1. The molecule has 0 N–H and O–H groups in total. The van der Waals surface area contributed by atoms with Crippen LogP contribution in [0.15, 0.2) is 29.2 Å². The molecule has 2 aromatic rings. The van der Waals surface area contributed by atoms with Crippen molar-refractivity contribution in [2.45, 2.75) is 5.88 Å². The predicted molar refractivity (Wildman–Crippen MR) is 58.7 cm³/mol. The van der Waals surface area contributed by atoms with E-state index in [0.29, 0.717) is 16.5 Å². The molecule has 0 saturated heterocycles. The molecule has 0 radical (unpaired) electrons. The van der Waals surface area contributed by atoms with Gasteiger partial charge in [0.15, 0.2) is 5.43 Å². The Kier molecular flexibility index (Phi) is 2.49. The van der Waals surface area contributed by atoms with Crippen molar-refractivity contribution in [1.82, 2.24) is 4.57 Å². The second-order valence-corrected chi connectivity index (χ2v) is 3.66. The Morgan fingerprint density at radius 1 is 1.47 bits per heavy atom. The number of hydrogen-bond donors (Lipinski definition) is 0. The van der Waals surface area contributed by atoms with Gasteiger partial charge in [0.2, 0.25) is 0 Å². The molecule has 2 nitrogen and oxygen atoms in total. The number of alkyl halides is 1. The number of halogens is 2. The second kappa shape index (κ2) is 3.66. The van der Waals surface area contributed by atoms with Crippen LogP contribution >= 0.6 is 11.6 Å². The van der Waals surface area contributed by atoms with Gasteiger partial charge in [0, 0.05) is 24.2 Å². The van der Waals surface area contributed by atoms with Gasteiger partial charge >= 0.3 is 0 Å². The van der Waals surface area contributed by atoms with Crippen LogP contribution in [0.4, 0.5) is 4.39 Å². The number of nitrogens with zero attached hydrogens (tertiary/aromatic N) is 1. The molecule has 0 atom stereocenters. The van der Waals surface area contributed by atoms with Crippen LogP contribution in [0.25, 0.3) is 10.9 Å². The van der Waals surface area contributed by atoms with E-state index in [1.54, 1.807) is 17.8 Å². The Morgan fingerprint density at radius 3 is 2.87 bits per heavy atom. The first-order valence-corrected chi connectivity index (χ1v) is 5.00. The summed E-state index contributed by atoms with van der Waals surface area (Å²) in [7, 11) is 1.76. The van der Waals surface area contributed by atoms with E-state index in [-0.39, 0.29) is 17.1 Å². The van der Waals surface area contributed by atoms with Crippen LogP contribution in [-0.2, 0) is 12.9 Å². The molecule has 0 bridgehead atoms. The molecule has 0 aliphatic carbocycles. The van der Waals surface area contributed by atoms with Crippen molar-refractivity contribution in [2.24, 2.45) is 7.05 Å². The maximum atomic E-state index is 13.0. The van der Waals surface area contributed by atoms with Crippen molar-refractivity contribution < 1.29 is 4.39 Å². The van der Waals surface area contributed by atoms with Gasteiger partial charge in [-0.05, 0) is 18.2 Å². The predicted octanol–water partition coefficient (Wildman–Crippen LogP) is 2.42. The molecule has 2 rings (SSSR count). The monoisotopic (exact) mass is 225 g/mol. The largest absolute Gasteiger partial charge is 0.350 e. The van der Waals surface area contributed by atoms with E-state index in [1.165, 1.54) is 18.2 Å². The summed E-state index contributed by atoms with van der Waals surface area (Å²) in [4.78, 5) is 11.8. The lowest BCUT2D eigenvalue weighted by Crippen LogP contribution is -2.12. The summed E-state index contributed by atoms with van der Waals surface area (Å²) >= 11 is 5.65. The van der Waals surface area contributed by atoms with E-state index in [0.717, 1.165) is 0 Å². The maximum absolute atomic E-state index is 13.0. The molecule has 0 fully saturated rings. The van der Waals surface area contributed by atoms with Crippen molar-refractivity contribution in [3.8, 4) is 0 Å². The summed E-state index contributed by atoms with van der Waals surface area (Å²) in [5, 5.41) is 0.497. The average molecular weight is 226 g/mol. The van der Waals surface area contributed by atoms with Gasteiger partial charge in [-0.25, -0.2) is 4.39 Å². The Hall–Kier alpha value is -1.35. The van der Waals surface area contributed by atoms with Crippen LogP contribution in [-0.4, -0.2) is 4.57 Å². The first-order valence-electron chi connectivity index (χ1n) is 4.47. The maximum Gasteiger partial charge on any atom is 0.193 e. The van der Waals surface area contributed by atoms with Crippen LogP contribution in [0.1, 0.15) is 5.56 Å². The molecule has 78 valence electrons. The van der Waals surface area contributed by atoms with E-state index in [2.05, 4.69) is 0 Å². The van der Waals surface area contributed by atoms with Crippen LogP contribution in [0.2, 0.25) is 0 Å². The highest BCUT2D eigenvalue weighted by atomic mass is 35.5. The van der Waals surface area contributed by atoms with E-state index < -0.39 is 0 Å². The topological polar surface area (TPSA) is 22.0 Å². The number of benzene rings is 1. The fourth-order valence-corrected chi connectivity index (χ4v) is 1.81. The van der Waals surface area contributed by atoms with Gasteiger partial charge in [0.1, 0.15) is 5.82 Å². The zero-order valence-corrected chi connectivity index (χ0v) is 8.88. The van der Waals surface area contributed by atoms with Crippen LogP contribution in [0.5, 0.6) is 0 Å². The van der Waals surface area contributed by atoms with Crippen molar-refractivity contribution in [3.05, 3.63) is 46.0 Å². The molecule has 0 saturated carbocycles. The van der Waals surface area contributed by atoms with Gasteiger partial charge in [-0.15, -0.1) is 11.6 Å². The Morgan fingerprint density at radius 2 is 2.20 bits per heavy atom. The fourth-order valence-electron chi connectivity index (χ4n) is 1.62. The van der Waals surface area contributed by atoms with Crippen molar-refractivity contribution >= 4 is 22.5 Å². The summed E-state index contributed by atoms with van der Waals surface area (Å²) in [6.07, 6.45) is 1.64. The highest BCUT2D eigenvalue weighted by Crippen LogP contribution is 2.13. The number of fused-ring (bicyclic) bond motifs is 1. The minimum Gasteiger partial charge on any atom is -0.350 e. The number of hydrogen-bond acceptors (Lipinski definition) is 1. The normalized spacial score (nSPS) is 10.9. The molecule has 0 amide bonds. The summed E-state index contributed by atoms with van der Waals surface area (Å²) in [5.74, 6) is -0.184. The summed E-state index contributed by atoms with van der Waals surface area (Å²) < 4.78 is 14.7. The van der Waals surface area contributed by atoms with Gasteiger partial charge in [-0.1, -0.05) is 0 Å². The molecule has 0 unspecified atom stereocenters. The number of aromatic nitrogens is 1. The molecular weight excluding hydrogens is 217 g/mol. The lowest BCUT2D eigenvalue weighted by atomic mass is 10.1. The van der Waals surface area contributed by atoms with Gasteiger partial charge in [0.25, 0.3) is 0 Å². The van der Waals surface area contributed by atoms with Gasteiger partial charge in [-0.3, -0.25) is 4.79 Å². The molecule has 15 heavy (non-hydrogen) atoms. The van der Waals surface area contributed by atoms with E-state index in [4.69, 9.17) is 11.6 Å². The molecule has 0 aliphatic heterocycles. The molecule has 1 heterocycles. The molecule has 0 spiro atoms. The quantitative estimate of drug-likeness (QED) is 0.684. The standard InChI is InChI=1S/C11H9ClFNO/c1-14-6-7(5-12)11(15)9-3-2-8(13)4-10(9)14/h2-4,6H,5H2,1H3. The first kappa shape index (κ1) is 10.2. The Bertz CT molecular complexity index is 577. The van der Waals surface area contributed by atoms with Crippen molar-refractivity contribution in [1.29, 1.82) is 0 Å². The van der Waals surface area contributed by atoms with Gasteiger partial charge in [-0.2, -0.15) is 0 Å². The first-order chi connectivity index (χ1) is 7.13. The SMILES string of the molecule is Cn1cc(CCl)c(=O)c2ccc(F)cc21. The average Bonchev–Trinajstić information content (AvgIpc) is 2.23. The third kappa shape index (κ3) is 1.63. The van der Waals surface area contributed by atoms with Crippen LogP contribution in [0.3, 0.4) is 0 Å². The number of aryl methyl sites for hydroxylation is 1. The third-order valence-electron chi connectivity index (χ3n) is 2.37. The summed E-state index contributed by atoms with van der Waals surface area (Å²) in [6, 6.07) is 4.11. The van der Waals surface area contributed by atoms with Crippen LogP contribution < -0.4 is 5.43 Å². The molecule has 0 aliphatic rings. The smallest absolute Gasteiger partial charge is 0.193 e. The van der Waals surface area contributed by atoms with Crippen molar-refractivity contribution in [3.63, 3.8) is 0 Å². The molecule has 1 aromatic heterocycles. The zero-order valence-electron chi connectivity index (χ0n) is 8.13. The Balaban J connectivity index is 2.93. The molecule has 1 aromatic carbocycles. The summed E-state index contributed by atoms with van der Waals surface area (Å²) in [6.45, 7) is 0.